The molecule has 0 fully saturated rings. The van der Waals surface area contributed by atoms with Crippen LogP contribution in [0, 0.1) is 0 Å². The maximum absolute atomic E-state index is 13.3. The van der Waals surface area contributed by atoms with Crippen molar-refractivity contribution in [3.8, 4) is 45.9 Å². The molecule has 0 atom stereocenters. The Bertz CT molecular complexity index is 1560. The molecule has 0 saturated carbocycles. The summed E-state index contributed by atoms with van der Waals surface area (Å²) in [6.45, 7) is 2.46. The van der Waals surface area contributed by atoms with Crippen LogP contribution in [-0.4, -0.2) is 40.7 Å². The highest BCUT2D eigenvalue weighted by atomic mass is 16.5. The Hall–Kier alpha value is -4.66. The maximum atomic E-state index is 13.3. The number of methoxy groups -OCH3 is 2. The van der Waals surface area contributed by atoms with Gasteiger partial charge in [-0.2, -0.15) is 14.8 Å². The van der Waals surface area contributed by atoms with Gasteiger partial charge >= 0.3 is 0 Å². The van der Waals surface area contributed by atoms with Gasteiger partial charge in [-0.3, -0.25) is 4.79 Å². The number of nitrogens with zero attached hydrogens (tertiary/aromatic N) is 4. The second-order valence-electron chi connectivity index (χ2n) is 7.53. The Morgan fingerprint density at radius 2 is 1.66 bits per heavy atom. The average molecular weight is 470 g/mol. The molecule has 2 aromatic heterocycles. The van der Waals surface area contributed by atoms with Crippen LogP contribution in [-0.2, 0) is 0 Å². The van der Waals surface area contributed by atoms with Crippen LogP contribution in [0.15, 0.2) is 76.0 Å². The van der Waals surface area contributed by atoms with E-state index in [1.165, 1.54) is 4.68 Å². The third-order valence-corrected chi connectivity index (χ3v) is 5.48. The smallest absolute Gasteiger partial charge is 0.279 e. The van der Waals surface area contributed by atoms with Crippen LogP contribution in [0.3, 0.4) is 0 Å². The van der Waals surface area contributed by atoms with Gasteiger partial charge < -0.3 is 18.7 Å². The van der Waals surface area contributed by atoms with E-state index in [1.54, 1.807) is 74.9 Å². The minimum atomic E-state index is -0.259. The van der Waals surface area contributed by atoms with E-state index in [9.17, 15) is 4.79 Å². The first-order chi connectivity index (χ1) is 17.1. The molecule has 0 saturated heterocycles. The van der Waals surface area contributed by atoms with E-state index in [0.29, 0.717) is 57.4 Å². The number of aromatic nitrogens is 4. The first-order valence-corrected chi connectivity index (χ1v) is 10.9. The van der Waals surface area contributed by atoms with Gasteiger partial charge in [-0.25, -0.2) is 0 Å². The second kappa shape index (κ2) is 9.30. The molecule has 0 amide bonds. The average Bonchev–Trinajstić information content (AvgIpc) is 3.39. The van der Waals surface area contributed by atoms with Crippen molar-refractivity contribution in [1.82, 2.24) is 19.9 Å². The van der Waals surface area contributed by atoms with Gasteiger partial charge in [0.1, 0.15) is 17.2 Å². The van der Waals surface area contributed by atoms with Gasteiger partial charge in [0.05, 0.1) is 37.5 Å². The quantitative estimate of drug-likeness (QED) is 0.342. The Kier molecular flexibility index (Phi) is 5.88. The molecule has 0 aliphatic carbocycles. The predicted molar refractivity (Wildman–Crippen MR) is 130 cm³/mol. The van der Waals surface area contributed by atoms with Gasteiger partial charge in [0.15, 0.2) is 5.69 Å². The number of ether oxygens (including phenoxy) is 3. The van der Waals surface area contributed by atoms with Gasteiger partial charge in [-0.15, -0.1) is 0 Å². The normalized spacial score (nSPS) is 10.9. The van der Waals surface area contributed by atoms with E-state index in [-0.39, 0.29) is 11.4 Å². The van der Waals surface area contributed by atoms with Crippen molar-refractivity contribution in [2.24, 2.45) is 0 Å². The van der Waals surface area contributed by atoms with Crippen LogP contribution in [0.2, 0.25) is 0 Å². The minimum Gasteiger partial charge on any atom is -0.497 e. The molecule has 0 aliphatic heterocycles. The molecule has 176 valence electrons. The van der Waals surface area contributed by atoms with Crippen molar-refractivity contribution >= 4 is 10.8 Å². The summed E-state index contributed by atoms with van der Waals surface area (Å²) in [5, 5.41) is 9.84. The van der Waals surface area contributed by atoms with Crippen molar-refractivity contribution < 1.29 is 18.7 Å². The van der Waals surface area contributed by atoms with Crippen molar-refractivity contribution in [3.63, 3.8) is 0 Å². The van der Waals surface area contributed by atoms with Crippen molar-refractivity contribution in [3.05, 3.63) is 77.1 Å². The fourth-order valence-corrected chi connectivity index (χ4v) is 3.78. The zero-order valence-electron chi connectivity index (χ0n) is 19.4. The highest BCUT2D eigenvalue weighted by Crippen LogP contribution is 2.33. The molecule has 9 heteroatoms. The summed E-state index contributed by atoms with van der Waals surface area (Å²) in [7, 11) is 3.14. The van der Waals surface area contributed by atoms with Crippen LogP contribution in [0.25, 0.3) is 39.4 Å². The van der Waals surface area contributed by atoms with E-state index in [1.807, 2.05) is 13.0 Å². The Morgan fingerprint density at radius 3 is 2.37 bits per heavy atom. The summed E-state index contributed by atoms with van der Waals surface area (Å²) in [5.41, 5.74) is 1.35. The van der Waals surface area contributed by atoms with Gasteiger partial charge in [-0.1, -0.05) is 23.4 Å². The molecule has 0 spiro atoms. The number of rotatable bonds is 7. The SMILES string of the molecule is CCOc1ccc(-n2nc(-c3nc(-c4ccc(OC)cc4OC)no3)c3ccccc3c2=O)cc1. The molecule has 0 aliphatic rings. The van der Waals surface area contributed by atoms with Gasteiger partial charge in [0.25, 0.3) is 11.4 Å². The standard InChI is InChI=1S/C26H22N4O5/c1-4-34-17-11-9-16(10-12-17)30-26(31)20-8-6-5-7-19(20)23(28-30)25-27-24(29-35-25)21-14-13-18(32-2)15-22(21)33-3/h5-15H,4H2,1-3H3. The maximum Gasteiger partial charge on any atom is 0.279 e. The van der Waals surface area contributed by atoms with Crippen LogP contribution in [0.1, 0.15) is 6.92 Å². The number of fused-ring (bicyclic) bond motifs is 1. The highest BCUT2D eigenvalue weighted by Gasteiger charge is 2.20. The molecular weight excluding hydrogens is 448 g/mol. The zero-order chi connectivity index (χ0) is 24.4. The van der Waals surface area contributed by atoms with Crippen LogP contribution >= 0.6 is 0 Å². The lowest BCUT2D eigenvalue weighted by Gasteiger charge is -2.10. The third kappa shape index (κ3) is 4.08. The molecule has 2 heterocycles. The fourth-order valence-electron chi connectivity index (χ4n) is 3.78. The molecule has 5 rings (SSSR count). The van der Waals surface area contributed by atoms with Crippen molar-refractivity contribution in [2.45, 2.75) is 6.92 Å². The van der Waals surface area contributed by atoms with Gasteiger partial charge in [0.2, 0.25) is 5.82 Å². The lowest BCUT2D eigenvalue weighted by molar-refractivity contribution is 0.340. The molecule has 5 aromatic rings. The van der Waals surface area contributed by atoms with E-state index < -0.39 is 0 Å². The van der Waals surface area contributed by atoms with Gasteiger partial charge in [-0.05, 0) is 49.4 Å². The predicted octanol–water partition coefficient (Wildman–Crippen LogP) is 4.52. The summed E-state index contributed by atoms with van der Waals surface area (Å²) in [5.74, 6) is 2.39. The van der Waals surface area contributed by atoms with Crippen LogP contribution in [0.5, 0.6) is 17.2 Å². The molecule has 35 heavy (non-hydrogen) atoms. The number of hydrogen-bond acceptors (Lipinski definition) is 8. The largest absolute Gasteiger partial charge is 0.497 e. The second-order valence-corrected chi connectivity index (χ2v) is 7.53. The summed E-state index contributed by atoms with van der Waals surface area (Å²) in [6.07, 6.45) is 0. The van der Waals surface area contributed by atoms with E-state index >= 15 is 0 Å². The summed E-state index contributed by atoms with van der Waals surface area (Å²) in [6, 6.07) is 19.6. The summed E-state index contributed by atoms with van der Waals surface area (Å²) >= 11 is 0. The fraction of sp³-hybridized carbons (Fsp3) is 0.154. The molecule has 0 N–H and O–H groups in total. The Morgan fingerprint density at radius 1 is 0.914 bits per heavy atom. The lowest BCUT2D eigenvalue weighted by atomic mass is 10.1. The van der Waals surface area contributed by atoms with Crippen LogP contribution in [0.4, 0.5) is 0 Å². The minimum absolute atomic E-state index is 0.175. The lowest BCUT2D eigenvalue weighted by Crippen LogP contribution is -2.22. The number of hydrogen-bond donors (Lipinski definition) is 0. The molecule has 3 aromatic carbocycles. The van der Waals surface area contributed by atoms with Crippen molar-refractivity contribution in [1.29, 1.82) is 0 Å². The van der Waals surface area contributed by atoms with Gasteiger partial charge in [0, 0.05) is 11.5 Å². The van der Waals surface area contributed by atoms with E-state index in [2.05, 4.69) is 15.2 Å². The topological polar surface area (TPSA) is 102 Å². The molecule has 0 bridgehead atoms. The summed E-state index contributed by atoms with van der Waals surface area (Å²) < 4.78 is 23.2. The highest BCUT2D eigenvalue weighted by molar-refractivity contribution is 5.92. The Labute approximate surface area is 200 Å². The third-order valence-electron chi connectivity index (χ3n) is 5.48. The number of benzene rings is 3. The first-order valence-electron chi connectivity index (χ1n) is 10.9. The first kappa shape index (κ1) is 22.1. The summed E-state index contributed by atoms with van der Waals surface area (Å²) in [4.78, 5) is 17.8. The Balaban J connectivity index is 1.65. The van der Waals surface area contributed by atoms with E-state index in [4.69, 9.17) is 18.7 Å². The monoisotopic (exact) mass is 470 g/mol. The zero-order valence-corrected chi connectivity index (χ0v) is 19.4. The van der Waals surface area contributed by atoms with Crippen LogP contribution < -0.4 is 19.8 Å². The molecular formula is C26H22N4O5. The van der Waals surface area contributed by atoms with Crippen molar-refractivity contribution in [2.75, 3.05) is 20.8 Å². The molecule has 0 unspecified atom stereocenters. The molecule has 9 nitrogen and oxygen atoms in total. The van der Waals surface area contributed by atoms with E-state index in [0.717, 1.165) is 0 Å². The molecule has 0 radical (unpaired) electrons.